The Morgan fingerprint density at radius 2 is 2.24 bits per heavy atom. The number of hydrogen-bond acceptors (Lipinski definition) is 5. The van der Waals surface area contributed by atoms with Gasteiger partial charge in [0.15, 0.2) is 0 Å². The van der Waals surface area contributed by atoms with Crippen molar-refractivity contribution in [1.29, 1.82) is 0 Å². The summed E-state index contributed by atoms with van der Waals surface area (Å²) in [7, 11) is -3.56. The number of nitrogens with zero attached hydrogens (tertiary/aromatic N) is 2. The number of ether oxygens (including phenoxy) is 1. The highest BCUT2D eigenvalue weighted by Crippen LogP contribution is 2.26. The van der Waals surface area contributed by atoms with E-state index in [-0.39, 0.29) is 6.10 Å². The van der Waals surface area contributed by atoms with Gasteiger partial charge in [0.2, 0.25) is 10.0 Å². The van der Waals surface area contributed by atoms with Gasteiger partial charge in [-0.3, -0.25) is 4.98 Å². The summed E-state index contributed by atoms with van der Waals surface area (Å²) in [5.74, 6) is 0. The fourth-order valence-corrected chi connectivity index (χ4v) is 4.18. The number of aromatic nitrogens is 1. The first-order valence-electron chi connectivity index (χ1n) is 6.77. The lowest BCUT2D eigenvalue weighted by atomic mass is 10.2. The topological polar surface area (TPSA) is 85.5 Å². The molecular weight excluding hydrogens is 290 g/mol. The van der Waals surface area contributed by atoms with Gasteiger partial charge in [0.05, 0.1) is 17.6 Å². The van der Waals surface area contributed by atoms with Crippen molar-refractivity contribution in [1.82, 2.24) is 9.29 Å². The van der Waals surface area contributed by atoms with Gasteiger partial charge in [-0.25, -0.2) is 8.42 Å². The molecule has 21 heavy (non-hydrogen) atoms. The van der Waals surface area contributed by atoms with E-state index in [4.69, 9.17) is 10.5 Å². The number of hydrogen-bond donors (Lipinski definition) is 1. The largest absolute Gasteiger partial charge is 0.374 e. The standard InChI is InChI=1S/C14H17N3O3S/c15-8-12-10-17(6-7-20-12)21(18,19)14-3-1-2-11-9-16-5-4-13(11)14/h1-5,9,12H,6-8,10,15H2/t12-/m1/s1. The Labute approximate surface area is 123 Å². The second-order valence-electron chi connectivity index (χ2n) is 4.94. The molecule has 1 fully saturated rings. The predicted octanol–water partition coefficient (Wildman–Crippen LogP) is 0.583. The molecule has 1 atom stereocenters. The van der Waals surface area contributed by atoms with Gasteiger partial charge in [-0.2, -0.15) is 4.31 Å². The molecule has 2 aromatic rings. The molecular formula is C14H17N3O3S. The highest BCUT2D eigenvalue weighted by atomic mass is 32.2. The molecule has 3 rings (SSSR count). The third-order valence-corrected chi connectivity index (χ3v) is 5.55. The van der Waals surface area contributed by atoms with Gasteiger partial charge in [-0.15, -0.1) is 0 Å². The monoisotopic (exact) mass is 307 g/mol. The highest BCUT2D eigenvalue weighted by molar-refractivity contribution is 7.89. The zero-order valence-electron chi connectivity index (χ0n) is 11.5. The minimum absolute atomic E-state index is 0.245. The highest BCUT2D eigenvalue weighted by Gasteiger charge is 2.31. The van der Waals surface area contributed by atoms with Crippen LogP contribution < -0.4 is 5.73 Å². The van der Waals surface area contributed by atoms with Crippen molar-refractivity contribution in [3.63, 3.8) is 0 Å². The van der Waals surface area contributed by atoms with Gasteiger partial charge in [-0.1, -0.05) is 12.1 Å². The Kier molecular flexibility index (Phi) is 3.90. The van der Waals surface area contributed by atoms with Crippen LogP contribution >= 0.6 is 0 Å². The number of morpholine rings is 1. The lowest BCUT2D eigenvalue weighted by Gasteiger charge is -2.31. The SMILES string of the molecule is NC[C@@H]1CN(S(=O)(=O)c2cccc3cnccc23)CCO1. The van der Waals surface area contributed by atoms with Crippen LogP contribution in [0.4, 0.5) is 0 Å². The van der Waals surface area contributed by atoms with Crippen molar-refractivity contribution >= 4 is 20.8 Å². The molecule has 112 valence electrons. The number of fused-ring (bicyclic) bond motifs is 1. The lowest BCUT2D eigenvalue weighted by molar-refractivity contribution is 0.00453. The molecule has 2 N–H and O–H groups in total. The predicted molar refractivity (Wildman–Crippen MR) is 79.3 cm³/mol. The molecule has 0 aliphatic carbocycles. The minimum atomic E-state index is -3.56. The second kappa shape index (κ2) is 5.69. The average Bonchev–Trinajstić information content (AvgIpc) is 2.54. The summed E-state index contributed by atoms with van der Waals surface area (Å²) in [5.41, 5.74) is 5.58. The summed E-state index contributed by atoms with van der Waals surface area (Å²) in [6, 6.07) is 6.94. The molecule has 0 radical (unpaired) electrons. The summed E-state index contributed by atoms with van der Waals surface area (Å²) in [4.78, 5) is 4.33. The van der Waals surface area contributed by atoms with Gasteiger partial charge >= 0.3 is 0 Å². The second-order valence-corrected chi connectivity index (χ2v) is 6.85. The normalized spacial score (nSPS) is 20.7. The van der Waals surface area contributed by atoms with Crippen molar-refractivity contribution < 1.29 is 13.2 Å². The number of rotatable bonds is 3. The van der Waals surface area contributed by atoms with Crippen LogP contribution in [0.5, 0.6) is 0 Å². The van der Waals surface area contributed by atoms with Gasteiger partial charge in [-0.05, 0) is 12.1 Å². The first kappa shape index (κ1) is 14.4. The molecule has 0 amide bonds. The van der Waals surface area contributed by atoms with E-state index in [0.717, 1.165) is 5.39 Å². The first-order valence-corrected chi connectivity index (χ1v) is 8.21. The summed E-state index contributed by atoms with van der Waals surface area (Å²) < 4.78 is 32.6. The molecule has 1 aliphatic rings. The summed E-state index contributed by atoms with van der Waals surface area (Å²) in [5, 5.41) is 1.49. The minimum Gasteiger partial charge on any atom is -0.374 e. The van der Waals surface area contributed by atoms with E-state index in [1.165, 1.54) is 4.31 Å². The molecule has 7 heteroatoms. The van der Waals surface area contributed by atoms with Crippen molar-refractivity contribution in [3.8, 4) is 0 Å². The fourth-order valence-electron chi connectivity index (χ4n) is 2.51. The van der Waals surface area contributed by atoms with Crippen LogP contribution in [0.2, 0.25) is 0 Å². The van der Waals surface area contributed by atoms with Crippen molar-refractivity contribution in [2.75, 3.05) is 26.2 Å². The van der Waals surface area contributed by atoms with E-state index in [1.54, 1.807) is 30.6 Å². The summed E-state index contributed by atoms with van der Waals surface area (Å²) in [6.45, 7) is 1.32. The van der Waals surface area contributed by atoms with Gasteiger partial charge < -0.3 is 10.5 Å². The molecule has 0 spiro atoms. The Morgan fingerprint density at radius 1 is 1.38 bits per heavy atom. The van der Waals surface area contributed by atoms with Crippen molar-refractivity contribution in [3.05, 3.63) is 36.7 Å². The maximum absolute atomic E-state index is 12.9. The van der Waals surface area contributed by atoms with Gasteiger partial charge in [0, 0.05) is 42.8 Å². The van der Waals surface area contributed by atoms with Crippen LogP contribution in [-0.2, 0) is 14.8 Å². The lowest BCUT2D eigenvalue weighted by Crippen LogP contribution is -2.48. The van der Waals surface area contributed by atoms with Crippen LogP contribution in [0.25, 0.3) is 10.8 Å². The number of pyridine rings is 1. The van der Waals surface area contributed by atoms with Gasteiger partial charge in [0.1, 0.15) is 0 Å². The quantitative estimate of drug-likeness (QED) is 0.896. The zero-order valence-corrected chi connectivity index (χ0v) is 12.3. The number of sulfonamides is 1. The maximum atomic E-state index is 12.9. The van der Waals surface area contributed by atoms with Crippen LogP contribution in [-0.4, -0.2) is 50.1 Å². The molecule has 0 bridgehead atoms. The Hall–Kier alpha value is -1.54. The zero-order chi connectivity index (χ0) is 14.9. The molecule has 0 unspecified atom stereocenters. The van der Waals surface area contributed by atoms with Gasteiger partial charge in [0.25, 0.3) is 0 Å². The summed E-state index contributed by atoms with van der Waals surface area (Å²) >= 11 is 0. The van der Waals surface area contributed by atoms with E-state index in [2.05, 4.69) is 4.98 Å². The number of benzene rings is 1. The van der Waals surface area contributed by atoms with E-state index in [9.17, 15) is 8.42 Å². The van der Waals surface area contributed by atoms with Crippen molar-refractivity contribution in [2.45, 2.75) is 11.0 Å². The molecule has 2 heterocycles. The molecule has 1 aliphatic heterocycles. The smallest absolute Gasteiger partial charge is 0.243 e. The third-order valence-electron chi connectivity index (χ3n) is 3.62. The van der Waals surface area contributed by atoms with Crippen LogP contribution in [0, 0.1) is 0 Å². The molecule has 1 aromatic heterocycles. The third kappa shape index (κ3) is 2.65. The van der Waals surface area contributed by atoms with E-state index in [1.807, 2.05) is 6.07 Å². The Morgan fingerprint density at radius 3 is 3.05 bits per heavy atom. The van der Waals surface area contributed by atoms with Crippen LogP contribution in [0.15, 0.2) is 41.6 Å². The Bertz CT molecular complexity index is 743. The molecule has 0 saturated carbocycles. The Balaban J connectivity index is 2.04. The van der Waals surface area contributed by atoms with E-state index >= 15 is 0 Å². The molecule has 1 saturated heterocycles. The first-order chi connectivity index (χ1) is 10.1. The van der Waals surface area contributed by atoms with Crippen LogP contribution in [0.3, 0.4) is 0 Å². The fraction of sp³-hybridized carbons (Fsp3) is 0.357. The number of nitrogens with two attached hydrogens (primary N) is 1. The maximum Gasteiger partial charge on any atom is 0.243 e. The van der Waals surface area contributed by atoms with Crippen molar-refractivity contribution in [2.24, 2.45) is 5.73 Å². The molecule has 6 nitrogen and oxygen atoms in total. The molecule has 1 aromatic carbocycles. The van der Waals surface area contributed by atoms with E-state index in [0.29, 0.717) is 36.5 Å². The summed E-state index contributed by atoms with van der Waals surface area (Å²) in [6.07, 6.45) is 3.02. The average molecular weight is 307 g/mol. The van der Waals surface area contributed by atoms with Crippen LogP contribution in [0.1, 0.15) is 0 Å². The van der Waals surface area contributed by atoms with E-state index < -0.39 is 10.0 Å².